The van der Waals surface area contributed by atoms with Crippen LogP contribution in [0.2, 0.25) is 0 Å². The summed E-state index contributed by atoms with van der Waals surface area (Å²) in [6.45, 7) is 5.68. The van der Waals surface area contributed by atoms with Crippen LogP contribution in [0.3, 0.4) is 0 Å². The number of anilines is 2. The quantitative estimate of drug-likeness (QED) is 0.907. The van der Waals surface area contributed by atoms with Gasteiger partial charge in [0.1, 0.15) is 0 Å². The number of amides is 2. The predicted octanol–water partition coefficient (Wildman–Crippen LogP) is 2.91. The Morgan fingerprint density at radius 3 is 2.88 bits per heavy atom. The number of fused-ring (bicyclic) bond motifs is 1. The molecule has 0 bridgehead atoms. The van der Waals surface area contributed by atoms with Crippen LogP contribution < -0.4 is 10.2 Å². The first kappa shape index (κ1) is 16.2. The summed E-state index contributed by atoms with van der Waals surface area (Å²) in [5.41, 5.74) is 4.07. The van der Waals surface area contributed by atoms with Gasteiger partial charge in [-0.3, -0.25) is 14.7 Å². The molecule has 24 heavy (non-hydrogen) atoms. The lowest BCUT2D eigenvalue weighted by Crippen LogP contribution is -2.33. The third kappa shape index (κ3) is 3.04. The van der Waals surface area contributed by atoms with Crippen LogP contribution in [-0.2, 0) is 17.6 Å². The fourth-order valence-corrected chi connectivity index (χ4v) is 3.26. The van der Waals surface area contributed by atoms with E-state index in [2.05, 4.69) is 22.4 Å². The summed E-state index contributed by atoms with van der Waals surface area (Å²) in [7, 11) is 0. The zero-order valence-corrected chi connectivity index (χ0v) is 14.2. The molecule has 6 heteroatoms. The summed E-state index contributed by atoms with van der Waals surface area (Å²) in [4.78, 5) is 25.9. The molecule has 1 aliphatic heterocycles. The number of benzene rings is 1. The van der Waals surface area contributed by atoms with Crippen LogP contribution in [0.25, 0.3) is 0 Å². The molecule has 0 spiro atoms. The smallest absolute Gasteiger partial charge is 0.276 e. The molecule has 0 fully saturated rings. The fourth-order valence-electron chi connectivity index (χ4n) is 3.26. The number of rotatable bonds is 4. The number of carbonyl (C=O) groups is 2. The van der Waals surface area contributed by atoms with E-state index in [1.807, 2.05) is 25.1 Å². The van der Waals surface area contributed by atoms with E-state index in [9.17, 15) is 9.59 Å². The molecule has 2 amide bonds. The Balaban J connectivity index is 1.76. The summed E-state index contributed by atoms with van der Waals surface area (Å²) >= 11 is 0. The molecule has 1 atom stereocenters. The normalized spacial score (nSPS) is 16.1. The van der Waals surface area contributed by atoms with Gasteiger partial charge in [0.05, 0.1) is 0 Å². The highest BCUT2D eigenvalue weighted by Crippen LogP contribution is 2.34. The van der Waals surface area contributed by atoms with Crippen LogP contribution in [0, 0.1) is 0 Å². The summed E-state index contributed by atoms with van der Waals surface area (Å²) < 4.78 is 0. The molecule has 126 valence electrons. The second kappa shape index (κ2) is 6.47. The molecule has 1 aromatic carbocycles. The largest absolute Gasteiger partial charge is 0.321 e. The third-order valence-corrected chi connectivity index (χ3v) is 4.28. The molecule has 1 aliphatic rings. The maximum absolute atomic E-state index is 12.3. The van der Waals surface area contributed by atoms with Crippen LogP contribution in [0.15, 0.2) is 24.3 Å². The fraction of sp³-hybridized carbons (Fsp3) is 0.389. The molecule has 3 rings (SSSR count). The highest BCUT2D eigenvalue weighted by atomic mass is 16.2. The number of nitrogens with one attached hydrogen (secondary N) is 2. The van der Waals surface area contributed by atoms with Gasteiger partial charge in [0.2, 0.25) is 5.91 Å². The highest BCUT2D eigenvalue weighted by molar-refractivity contribution is 6.03. The van der Waals surface area contributed by atoms with Crippen LogP contribution >= 0.6 is 0 Å². The SMILES string of the molecule is CCCc1cc(C(=O)Nc2ccc3c(c2)CC(C)N3C(C)=O)n[nH]1. The summed E-state index contributed by atoms with van der Waals surface area (Å²) in [5, 5.41) is 9.82. The number of H-pyrrole nitrogens is 1. The van der Waals surface area contributed by atoms with Gasteiger partial charge in [0, 0.05) is 30.0 Å². The van der Waals surface area contributed by atoms with E-state index in [4.69, 9.17) is 0 Å². The van der Waals surface area contributed by atoms with Crippen molar-refractivity contribution in [1.29, 1.82) is 0 Å². The second-order valence-electron chi connectivity index (χ2n) is 6.27. The predicted molar refractivity (Wildman–Crippen MR) is 93.3 cm³/mol. The average Bonchev–Trinajstić information content (AvgIpc) is 3.10. The molecule has 6 nitrogen and oxygen atoms in total. The van der Waals surface area contributed by atoms with E-state index < -0.39 is 0 Å². The van der Waals surface area contributed by atoms with Gasteiger partial charge < -0.3 is 10.2 Å². The first-order valence-electron chi connectivity index (χ1n) is 8.28. The minimum atomic E-state index is -0.233. The lowest BCUT2D eigenvalue weighted by molar-refractivity contribution is -0.116. The Kier molecular flexibility index (Phi) is 4.38. The second-order valence-corrected chi connectivity index (χ2v) is 6.27. The van der Waals surface area contributed by atoms with Gasteiger partial charge in [0.15, 0.2) is 5.69 Å². The lowest BCUT2D eigenvalue weighted by Gasteiger charge is -2.20. The van der Waals surface area contributed by atoms with Gasteiger partial charge in [-0.2, -0.15) is 5.10 Å². The van der Waals surface area contributed by atoms with Crippen molar-refractivity contribution >= 4 is 23.2 Å². The number of carbonyl (C=O) groups excluding carboxylic acids is 2. The molecule has 1 unspecified atom stereocenters. The number of hydrogen-bond donors (Lipinski definition) is 2. The van der Waals surface area contributed by atoms with E-state index in [0.717, 1.165) is 41.9 Å². The van der Waals surface area contributed by atoms with Gasteiger partial charge in [-0.05, 0) is 49.6 Å². The van der Waals surface area contributed by atoms with Crippen molar-refractivity contribution in [2.24, 2.45) is 0 Å². The number of aromatic nitrogens is 2. The average molecular weight is 326 g/mol. The number of aryl methyl sites for hydroxylation is 1. The van der Waals surface area contributed by atoms with E-state index in [1.165, 1.54) is 0 Å². The Labute approximate surface area is 141 Å². The van der Waals surface area contributed by atoms with Crippen molar-refractivity contribution in [1.82, 2.24) is 10.2 Å². The zero-order chi connectivity index (χ0) is 17.3. The van der Waals surface area contributed by atoms with Crippen molar-refractivity contribution in [3.8, 4) is 0 Å². The maximum atomic E-state index is 12.3. The molecular weight excluding hydrogens is 304 g/mol. The zero-order valence-electron chi connectivity index (χ0n) is 14.2. The third-order valence-electron chi connectivity index (χ3n) is 4.28. The maximum Gasteiger partial charge on any atom is 0.276 e. The number of hydrogen-bond acceptors (Lipinski definition) is 3. The molecule has 2 aromatic rings. The Hall–Kier alpha value is -2.63. The summed E-state index contributed by atoms with van der Waals surface area (Å²) in [5.74, 6) is -0.193. The molecule has 1 aromatic heterocycles. The molecular formula is C18H22N4O2. The Morgan fingerprint density at radius 2 is 2.17 bits per heavy atom. The van der Waals surface area contributed by atoms with E-state index in [0.29, 0.717) is 5.69 Å². The van der Waals surface area contributed by atoms with Crippen molar-refractivity contribution in [2.45, 2.75) is 46.1 Å². The first-order chi connectivity index (χ1) is 11.5. The number of aromatic amines is 1. The van der Waals surface area contributed by atoms with Crippen molar-refractivity contribution in [3.05, 3.63) is 41.2 Å². The van der Waals surface area contributed by atoms with Gasteiger partial charge >= 0.3 is 0 Å². The molecule has 2 N–H and O–H groups in total. The van der Waals surface area contributed by atoms with E-state index in [-0.39, 0.29) is 17.9 Å². The molecule has 0 aliphatic carbocycles. The van der Waals surface area contributed by atoms with Crippen LogP contribution in [-0.4, -0.2) is 28.1 Å². The number of nitrogens with zero attached hydrogens (tertiary/aromatic N) is 2. The molecule has 0 radical (unpaired) electrons. The van der Waals surface area contributed by atoms with Gasteiger partial charge in [-0.25, -0.2) is 0 Å². The standard InChI is InChI=1S/C18H22N4O2/c1-4-5-15-10-16(21-20-15)18(24)19-14-6-7-17-13(9-14)8-11(2)22(17)12(3)23/h6-7,9-11H,4-5,8H2,1-3H3,(H,19,24)(H,20,21). The van der Waals surface area contributed by atoms with Crippen molar-refractivity contribution in [2.75, 3.05) is 10.2 Å². The minimum Gasteiger partial charge on any atom is -0.321 e. The topological polar surface area (TPSA) is 78.1 Å². The molecule has 2 heterocycles. The van der Waals surface area contributed by atoms with Crippen LogP contribution in [0.5, 0.6) is 0 Å². The monoisotopic (exact) mass is 326 g/mol. The molecule has 0 saturated carbocycles. The summed E-state index contributed by atoms with van der Waals surface area (Å²) in [6.07, 6.45) is 2.67. The van der Waals surface area contributed by atoms with E-state index in [1.54, 1.807) is 17.9 Å². The van der Waals surface area contributed by atoms with Crippen molar-refractivity contribution < 1.29 is 9.59 Å². The Morgan fingerprint density at radius 1 is 1.38 bits per heavy atom. The van der Waals surface area contributed by atoms with Crippen LogP contribution in [0.1, 0.15) is 48.9 Å². The van der Waals surface area contributed by atoms with Gasteiger partial charge in [-0.1, -0.05) is 13.3 Å². The molecule has 0 saturated heterocycles. The van der Waals surface area contributed by atoms with Crippen molar-refractivity contribution in [3.63, 3.8) is 0 Å². The highest BCUT2D eigenvalue weighted by Gasteiger charge is 2.29. The van der Waals surface area contributed by atoms with Gasteiger partial charge in [0.25, 0.3) is 5.91 Å². The lowest BCUT2D eigenvalue weighted by atomic mass is 10.1. The Bertz CT molecular complexity index is 781. The first-order valence-corrected chi connectivity index (χ1v) is 8.28. The van der Waals surface area contributed by atoms with Crippen LogP contribution in [0.4, 0.5) is 11.4 Å². The summed E-state index contributed by atoms with van der Waals surface area (Å²) in [6, 6.07) is 7.58. The minimum absolute atomic E-state index is 0.0398. The van der Waals surface area contributed by atoms with E-state index >= 15 is 0 Å². The van der Waals surface area contributed by atoms with Gasteiger partial charge in [-0.15, -0.1) is 0 Å².